The molecular weight excluding hydrogens is 402 g/mol. The van der Waals surface area contributed by atoms with Gasteiger partial charge in [0.1, 0.15) is 5.82 Å². The number of nitrogens with two attached hydrogens (primary N) is 1. The Morgan fingerprint density at radius 1 is 1.07 bits per heavy atom. The van der Waals surface area contributed by atoms with E-state index in [1.165, 1.54) is 5.56 Å². The molecule has 7 nitrogen and oxygen atoms in total. The monoisotopic (exact) mass is 427 g/mol. The summed E-state index contributed by atoms with van der Waals surface area (Å²) in [5, 5.41) is 4.02. The average Bonchev–Trinajstić information content (AvgIpc) is 2.74. The van der Waals surface area contributed by atoms with Crippen LogP contribution in [0.3, 0.4) is 0 Å². The minimum Gasteiger partial charge on any atom is -0.382 e. The van der Waals surface area contributed by atoms with E-state index in [1.54, 1.807) is 7.11 Å². The Hall–Kier alpha value is -2.87. The summed E-state index contributed by atoms with van der Waals surface area (Å²) in [6, 6.07) is 15.7. The average molecular weight is 428 g/mol. The van der Waals surface area contributed by atoms with Crippen LogP contribution in [0.25, 0.3) is 11.3 Å². The van der Waals surface area contributed by atoms with Crippen LogP contribution in [0.1, 0.15) is 11.1 Å². The first-order valence-corrected chi connectivity index (χ1v) is 10.0. The summed E-state index contributed by atoms with van der Waals surface area (Å²) in [5.41, 5.74) is 13.5. The van der Waals surface area contributed by atoms with Crippen molar-refractivity contribution in [2.45, 2.75) is 13.3 Å². The number of ether oxygens (including phenoxy) is 1. The van der Waals surface area contributed by atoms with Gasteiger partial charge in [-0.25, -0.2) is 4.98 Å². The number of methoxy groups -OCH3 is 1. The number of halogens is 1. The quantitative estimate of drug-likeness (QED) is 0.327. The number of nitrogen functional groups attached to an aromatic ring is 1. The van der Waals surface area contributed by atoms with Gasteiger partial charge in [-0.1, -0.05) is 35.9 Å². The summed E-state index contributed by atoms with van der Waals surface area (Å²) in [6.45, 7) is 3.70. The molecule has 3 rings (SSSR count). The molecular formula is C22H26ClN5O2. The minimum atomic E-state index is 0.221. The Morgan fingerprint density at radius 2 is 1.87 bits per heavy atom. The van der Waals surface area contributed by atoms with Gasteiger partial charge < -0.3 is 15.8 Å². The third-order valence-electron chi connectivity index (χ3n) is 4.54. The number of rotatable bonds is 10. The highest BCUT2D eigenvalue weighted by atomic mass is 35.5. The van der Waals surface area contributed by atoms with Gasteiger partial charge in [0, 0.05) is 30.3 Å². The number of hydrogen-bond acceptors (Lipinski definition) is 7. The number of anilines is 3. The van der Waals surface area contributed by atoms with Gasteiger partial charge in [0.25, 0.3) is 0 Å². The first kappa shape index (κ1) is 21.8. The van der Waals surface area contributed by atoms with E-state index in [4.69, 9.17) is 26.9 Å². The molecule has 8 heteroatoms. The van der Waals surface area contributed by atoms with E-state index in [-0.39, 0.29) is 5.95 Å². The zero-order valence-electron chi connectivity index (χ0n) is 17.1. The highest BCUT2D eigenvalue weighted by Crippen LogP contribution is 2.28. The van der Waals surface area contributed by atoms with E-state index < -0.39 is 0 Å². The maximum absolute atomic E-state index is 6.24. The van der Waals surface area contributed by atoms with Gasteiger partial charge in [-0.15, -0.1) is 0 Å². The summed E-state index contributed by atoms with van der Waals surface area (Å²) < 4.78 is 4.94. The van der Waals surface area contributed by atoms with Gasteiger partial charge in [-0.2, -0.15) is 4.98 Å². The second-order valence-corrected chi connectivity index (χ2v) is 7.13. The molecule has 4 N–H and O–H groups in total. The van der Waals surface area contributed by atoms with Crippen LogP contribution in [0.15, 0.2) is 48.5 Å². The molecule has 3 aromatic rings. The van der Waals surface area contributed by atoms with Crippen LogP contribution in [0.4, 0.5) is 17.5 Å². The van der Waals surface area contributed by atoms with E-state index in [9.17, 15) is 0 Å². The molecule has 158 valence electrons. The zero-order chi connectivity index (χ0) is 21.3. The molecule has 0 saturated carbocycles. The lowest BCUT2D eigenvalue weighted by atomic mass is 10.1. The molecule has 1 heterocycles. The van der Waals surface area contributed by atoms with Gasteiger partial charge in [0.15, 0.2) is 0 Å². The van der Waals surface area contributed by atoms with Crippen LogP contribution in [0.5, 0.6) is 0 Å². The highest BCUT2D eigenvalue weighted by Gasteiger charge is 2.09. The van der Waals surface area contributed by atoms with Gasteiger partial charge in [0.05, 0.1) is 24.6 Å². The van der Waals surface area contributed by atoms with E-state index in [2.05, 4.69) is 32.9 Å². The van der Waals surface area contributed by atoms with E-state index in [0.29, 0.717) is 30.6 Å². The van der Waals surface area contributed by atoms with Crippen molar-refractivity contribution >= 4 is 29.1 Å². The standard InChI is InChI=1S/C22H26ClN5O2/c1-15-18(4-3-5-19(15)23)20-14-21(27-22(24)26-20)25-11-10-16-6-8-17(9-7-16)28-30-13-12-29-2/h3-9,14,28H,10-13H2,1-2H3,(H3,24,25,26,27). The van der Waals surface area contributed by atoms with Gasteiger partial charge in [0.2, 0.25) is 5.95 Å². The molecule has 0 aliphatic carbocycles. The number of nitrogens with one attached hydrogen (secondary N) is 2. The van der Waals surface area contributed by atoms with Crippen LogP contribution < -0.4 is 16.5 Å². The third kappa shape index (κ3) is 6.06. The second-order valence-electron chi connectivity index (χ2n) is 6.73. The summed E-state index contributed by atoms with van der Waals surface area (Å²) in [4.78, 5) is 13.9. The molecule has 30 heavy (non-hydrogen) atoms. The molecule has 2 aromatic carbocycles. The molecule has 0 fully saturated rings. The normalized spacial score (nSPS) is 10.8. The minimum absolute atomic E-state index is 0.221. The summed E-state index contributed by atoms with van der Waals surface area (Å²) in [6.07, 6.45) is 0.834. The fourth-order valence-electron chi connectivity index (χ4n) is 2.91. The molecule has 0 atom stereocenters. The van der Waals surface area contributed by atoms with Crippen LogP contribution in [-0.2, 0) is 16.0 Å². The first-order chi connectivity index (χ1) is 14.6. The lowest BCUT2D eigenvalue weighted by Gasteiger charge is -2.11. The van der Waals surface area contributed by atoms with E-state index in [0.717, 1.165) is 28.9 Å². The summed E-state index contributed by atoms with van der Waals surface area (Å²) in [7, 11) is 1.64. The van der Waals surface area contributed by atoms with Crippen molar-refractivity contribution in [3.05, 3.63) is 64.7 Å². The molecule has 0 aliphatic heterocycles. The van der Waals surface area contributed by atoms with Crippen molar-refractivity contribution in [1.29, 1.82) is 0 Å². The Labute approximate surface area is 181 Å². The van der Waals surface area contributed by atoms with Crippen molar-refractivity contribution in [2.75, 3.05) is 43.4 Å². The highest BCUT2D eigenvalue weighted by molar-refractivity contribution is 6.31. The Kier molecular flexibility index (Phi) is 7.84. The van der Waals surface area contributed by atoms with Gasteiger partial charge >= 0.3 is 0 Å². The maximum Gasteiger partial charge on any atom is 0.222 e. The number of hydrogen-bond donors (Lipinski definition) is 3. The van der Waals surface area contributed by atoms with Crippen molar-refractivity contribution in [3.8, 4) is 11.3 Å². The number of benzene rings is 2. The smallest absolute Gasteiger partial charge is 0.222 e. The number of aromatic nitrogens is 2. The van der Waals surface area contributed by atoms with E-state index >= 15 is 0 Å². The lowest BCUT2D eigenvalue weighted by Crippen LogP contribution is -2.09. The van der Waals surface area contributed by atoms with Crippen molar-refractivity contribution < 1.29 is 9.57 Å². The Morgan fingerprint density at radius 3 is 2.63 bits per heavy atom. The predicted molar refractivity (Wildman–Crippen MR) is 122 cm³/mol. The van der Waals surface area contributed by atoms with Crippen LogP contribution in [0, 0.1) is 6.92 Å². The summed E-state index contributed by atoms with van der Waals surface area (Å²) in [5.74, 6) is 0.903. The molecule has 0 amide bonds. The lowest BCUT2D eigenvalue weighted by molar-refractivity contribution is 0.101. The largest absolute Gasteiger partial charge is 0.382 e. The SMILES string of the molecule is COCCONc1ccc(CCNc2cc(-c3cccc(Cl)c3C)nc(N)n2)cc1. The molecule has 0 bridgehead atoms. The molecule has 0 aliphatic rings. The number of nitrogens with zero attached hydrogens (tertiary/aromatic N) is 2. The third-order valence-corrected chi connectivity index (χ3v) is 4.95. The van der Waals surface area contributed by atoms with Crippen molar-refractivity contribution in [2.24, 2.45) is 0 Å². The molecule has 0 saturated heterocycles. The van der Waals surface area contributed by atoms with Crippen LogP contribution >= 0.6 is 11.6 Å². The maximum atomic E-state index is 6.24. The topological polar surface area (TPSA) is 94.3 Å². The molecule has 0 spiro atoms. The van der Waals surface area contributed by atoms with Gasteiger partial charge in [-0.05, 0) is 42.7 Å². The Bertz CT molecular complexity index is 966. The zero-order valence-corrected chi connectivity index (χ0v) is 17.9. The fraction of sp³-hybridized carbons (Fsp3) is 0.273. The molecule has 0 unspecified atom stereocenters. The molecule has 1 aromatic heterocycles. The summed E-state index contributed by atoms with van der Waals surface area (Å²) >= 11 is 6.24. The van der Waals surface area contributed by atoms with Crippen molar-refractivity contribution in [1.82, 2.24) is 9.97 Å². The fourth-order valence-corrected chi connectivity index (χ4v) is 3.09. The van der Waals surface area contributed by atoms with Crippen molar-refractivity contribution in [3.63, 3.8) is 0 Å². The predicted octanol–water partition coefficient (Wildman–Crippen LogP) is 4.33. The van der Waals surface area contributed by atoms with E-state index in [1.807, 2.05) is 43.3 Å². The van der Waals surface area contributed by atoms with Crippen LogP contribution in [0.2, 0.25) is 5.02 Å². The second kappa shape index (κ2) is 10.8. The first-order valence-electron chi connectivity index (χ1n) is 9.66. The van der Waals surface area contributed by atoms with Gasteiger partial charge in [-0.3, -0.25) is 10.3 Å². The Balaban J connectivity index is 1.57. The molecule has 0 radical (unpaired) electrons. The van der Waals surface area contributed by atoms with Crippen LogP contribution in [-0.4, -0.2) is 36.8 Å².